The van der Waals surface area contributed by atoms with Crippen LogP contribution in [0.2, 0.25) is 0 Å². The molecule has 2 rings (SSSR count). The van der Waals surface area contributed by atoms with Gasteiger partial charge >= 0.3 is 0 Å². The summed E-state index contributed by atoms with van der Waals surface area (Å²) < 4.78 is 1.21. The van der Waals surface area contributed by atoms with Gasteiger partial charge in [-0.15, -0.1) is 0 Å². The third-order valence-corrected chi connectivity index (χ3v) is 2.46. The van der Waals surface area contributed by atoms with E-state index in [0.29, 0.717) is 0 Å². The molecule has 3 nitrogen and oxygen atoms in total. The highest BCUT2D eigenvalue weighted by atomic mass is 127. The number of halogens is 1. The van der Waals surface area contributed by atoms with E-state index in [9.17, 15) is 0 Å². The summed E-state index contributed by atoms with van der Waals surface area (Å²) in [6.45, 7) is 2.94. The monoisotopic (exact) mass is 287 g/mol. The summed E-state index contributed by atoms with van der Waals surface area (Å²) >= 11 is 2.28. The van der Waals surface area contributed by atoms with Crippen LogP contribution < -0.4 is 5.32 Å². The Balaban J connectivity index is 2.49. The van der Waals surface area contributed by atoms with Crippen molar-refractivity contribution in [3.63, 3.8) is 0 Å². The average molecular weight is 287 g/mol. The molecular weight excluding hydrogens is 277 g/mol. The average Bonchev–Trinajstić information content (AvgIpc) is 2.46. The van der Waals surface area contributed by atoms with Gasteiger partial charge in [-0.25, -0.2) is 4.98 Å². The number of nitrogens with zero attached hydrogens (tertiary/aromatic N) is 1. The number of benzene rings is 1. The maximum atomic E-state index is 4.39. The van der Waals surface area contributed by atoms with E-state index in [-0.39, 0.29) is 0 Å². The molecule has 4 heteroatoms. The molecule has 0 fully saturated rings. The molecule has 2 N–H and O–H groups in total. The van der Waals surface area contributed by atoms with E-state index in [0.717, 1.165) is 23.5 Å². The van der Waals surface area contributed by atoms with Gasteiger partial charge in [0, 0.05) is 10.1 Å². The number of H-pyrrole nitrogens is 1. The predicted molar refractivity (Wildman–Crippen MR) is 63.0 cm³/mol. The minimum absolute atomic E-state index is 0.847. The first-order chi connectivity index (χ1) is 6.29. The molecular formula is C9H10IN3. The molecule has 1 heterocycles. The number of aromatic nitrogens is 2. The summed E-state index contributed by atoms with van der Waals surface area (Å²) in [7, 11) is 0. The van der Waals surface area contributed by atoms with Crippen molar-refractivity contribution in [1.82, 2.24) is 9.97 Å². The summed E-state index contributed by atoms with van der Waals surface area (Å²) in [5, 5.41) is 3.15. The van der Waals surface area contributed by atoms with Crippen LogP contribution in [0.4, 0.5) is 5.95 Å². The smallest absolute Gasteiger partial charge is 0.201 e. The van der Waals surface area contributed by atoms with Crippen LogP contribution in [0.1, 0.15) is 6.92 Å². The molecule has 0 aliphatic rings. The molecule has 0 spiro atoms. The fourth-order valence-electron chi connectivity index (χ4n) is 1.23. The van der Waals surface area contributed by atoms with Crippen LogP contribution in [0.3, 0.4) is 0 Å². The summed E-state index contributed by atoms with van der Waals surface area (Å²) in [4.78, 5) is 7.59. The van der Waals surface area contributed by atoms with Crippen molar-refractivity contribution in [3.05, 3.63) is 21.8 Å². The second-order valence-corrected chi connectivity index (χ2v) is 4.02. The molecule has 0 bridgehead atoms. The van der Waals surface area contributed by atoms with Crippen molar-refractivity contribution in [2.75, 3.05) is 11.9 Å². The van der Waals surface area contributed by atoms with E-state index in [1.54, 1.807) is 0 Å². The highest BCUT2D eigenvalue weighted by Crippen LogP contribution is 2.16. The summed E-state index contributed by atoms with van der Waals surface area (Å²) in [6.07, 6.45) is 0. The Hall–Kier alpha value is -0.780. The maximum absolute atomic E-state index is 4.39. The van der Waals surface area contributed by atoms with Gasteiger partial charge in [0.15, 0.2) is 0 Å². The lowest BCUT2D eigenvalue weighted by Crippen LogP contribution is -1.97. The van der Waals surface area contributed by atoms with Crippen molar-refractivity contribution in [2.45, 2.75) is 6.92 Å². The topological polar surface area (TPSA) is 40.7 Å². The van der Waals surface area contributed by atoms with Crippen molar-refractivity contribution in [3.8, 4) is 0 Å². The summed E-state index contributed by atoms with van der Waals surface area (Å²) in [6, 6.07) is 6.18. The molecule has 1 aromatic carbocycles. The Morgan fingerprint density at radius 3 is 3.15 bits per heavy atom. The van der Waals surface area contributed by atoms with E-state index >= 15 is 0 Å². The van der Waals surface area contributed by atoms with Crippen LogP contribution in [0.5, 0.6) is 0 Å². The minimum atomic E-state index is 0.847. The zero-order valence-corrected chi connectivity index (χ0v) is 9.42. The number of fused-ring (bicyclic) bond motifs is 1. The molecule has 2 aromatic rings. The molecule has 0 unspecified atom stereocenters. The molecule has 0 aliphatic carbocycles. The van der Waals surface area contributed by atoms with Gasteiger partial charge in [-0.2, -0.15) is 0 Å². The Morgan fingerprint density at radius 1 is 1.54 bits per heavy atom. The maximum Gasteiger partial charge on any atom is 0.201 e. The Kier molecular flexibility index (Phi) is 2.39. The Bertz CT molecular complexity index is 422. The van der Waals surface area contributed by atoms with E-state index in [1.807, 2.05) is 6.07 Å². The van der Waals surface area contributed by atoms with Crippen LogP contribution >= 0.6 is 22.6 Å². The standard InChI is InChI=1S/C9H10IN3/c1-2-11-9-12-7-4-3-6(10)5-8(7)13-9/h3-5H,2H2,1H3,(H2,11,12,13). The van der Waals surface area contributed by atoms with Gasteiger partial charge in [-0.1, -0.05) is 0 Å². The van der Waals surface area contributed by atoms with E-state index in [4.69, 9.17) is 0 Å². The van der Waals surface area contributed by atoms with Gasteiger partial charge in [0.25, 0.3) is 0 Å². The lowest BCUT2D eigenvalue weighted by atomic mass is 10.3. The first-order valence-electron chi connectivity index (χ1n) is 4.18. The first kappa shape index (κ1) is 8.80. The second-order valence-electron chi connectivity index (χ2n) is 2.78. The van der Waals surface area contributed by atoms with Crippen molar-refractivity contribution >= 4 is 39.6 Å². The quantitative estimate of drug-likeness (QED) is 0.834. The van der Waals surface area contributed by atoms with Gasteiger partial charge < -0.3 is 10.3 Å². The zero-order chi connectivity index (χ0) is 9.26. The number of hydrogen-bond donors (Lipinski definition) is 2. The van der Waals surface area contributed by atoms with Crippen molar-refractivity contribution in [2.24, 2.45) is 0 Å². The first-order valence-corrected chi connectivity index (χ1v) is 5.26. The molecule has 0 saturated carbocycles. The number of nitrogens with one attached hydrogen (secondary N) is 2. The van der Waals surface area contributed by atoms with Gasteiger partial charge in [-0.05, 0) is 47.7 Å². The Labute approximate surface area is 90.1 Å². The van der Waals surface area contributed by atoms with Crippen LogP contribution in [0, 0.1) is 3.57 Å². The normalized spacial score (nSPS) is 10.6. The largest absolute Gasteiger partial charge is 0.356 e. The molecule has 68 valence electrons. The van der Waals surface area contributed by atoms with E-state index < -0.39 is 0 Å². The van der Waals surface area contributed by atoms with Crippen LogP contribution in [0.25, 0.3) is 11.0 Å². The summed E-state index contributed by atoms with van der Waals surface area (Å²) in [5.74, 6) is 0.847. The molecule has 1 aromatic heterocycles. The minimum Gasteiger partial charge on any atom is -0.356 e. The lowest BCUT2D eigenvalue weighted by molar-refractivity contribution is 1.14. The Morgan fingerprint density at radius 2 is 2.38 bits per heavy atom. The number of rotatable bonds is 2. The number of hydrogen-bond acceptors (Lipinski definition) is 2. The van der Waals surface area contributed by atoms with Crippen LogP contribution in [0.15, 0.2) is 18.2 Å². The van der Waals surface area contributed by atoms with Gasteiger partial charge in [0.2, 0.25) is 5.95 Å². The van der Waals surface area contributed by atoms with Crippen molar-refractivity contribution in [1.29, 1.82) is 0 Å². The second kappa shape index (κ2) is 3.53. The summed E-state index contributed by atoms with van der Waals surface area (Å²) in [5.41, 5.74) is 2.10. The third kappa shape index (κ3) is 1.77. The lowest BCUT2D eigenvalue weighted by Gasteiger charge is -1.93. The van der Waals surface area contributed by atoms with E-state index in [2.05, 4.69) is 56.9 Å². The fourth-order valence-corrected chi connectivity index (χ4v) is 1.70. The molecule has 0 saturated heterocycles. The van der Waals surface area contributed by atoms with Gasteiger partial charge in [-0.3, -0.25) is 0 Å². The highest BCUT2D eigenvalue weighted by Gasteiger charge is 2.00. The molecule has 0 aliphatic heterocycles. The number of imidazole rings is 1. The molecule has 0 radical (unpaired) electrons. The molecule has 0 amide bonds. The van der Waals surface area contributed by atoms with Crippen LogP contribution in [-0.4, -0.2) is 16.5 Å². The van der Waals surface area contributed by atoms with Gasteiger partial charge in [0.1, 0.15) is 0 Å². The predicted octanol–water partition coefficient (Wildman–Crippen LogP) is 2.60. The molecule has 13 heavy (non-hydrogen) atoms. The molecule has 0 atom stereocenters. The fraction of sp³-hybridized carbons (Fsp3) is 0.222. The zero-order valence-electron chi connectivity index (χ0n) is 7.26. The van der Waals surface area contributed by atoms with Crippen LogP contribution in [-0.2, 0) is 0 Å². The van der Waals surface area contributed by atoms with Gasteiger partial charge in [0.05, 0.1) is 11.0 Å². The number of anilines is 1. The third-order valence-electron chi connectivity index (χ3n) is 1.79. The van der Waals surface area contributed by atoms with Crippen molar-refractivity contribution < 1.29 is 0 Å². The highest BCUT2D eigenvalue weighted by molar-refractivity contribution is 14.1. The SMILES string of the molecule is CCNc1nc2cc(I)ccc2[nH]1. The number of aromatic amines is 1. The van der Waals surface area contributed by atoms with E-state index in [1.165, 1.54) is 3.57 Å².